The molecule has 0 amide bonds. The number of nitrogens with one attached hydrogen (secondary N) is 1. The van der Waals surface area contributed by atoms with E-state index in [1.165, 1.54) is 19.3 Å². The number of likely N-dealkylation sites (N-methyl/N-ethyl adjacent to an activating group) is 1. The lowest BCUT2D eigenvalue weighted by atomic mass is 9.13. The number of likely N-dealkylation sites (tertiary alicyclic amines) is 1. The molecule has 9 aliphatic rings. The molecule has 0 aromatic carbocycles. The molecule has 1 spiro atoms. The zero-order valence-corrected chi connectivity index (χ0v) is 29.3. The summed E-state index contributed by atoms with van der Waals surface area (Å²) in [4.78, 5) is 33.6. The van der Waals surface area contributed by atoms with Gasteiger partial charge >= 0.3 is 0 Å². The minimum atomic E-state index is -0.462. The summed E-state index contributed by atoms with van der Waals surface area (Å²) >= 11 is 0. The highest BCUT2D eigenvalue weighted by Crippen LogP contribution is 3.04. The lowest BCUT2D eigenvalue weighted by Crippen LogP contribution is -2.87. The Morgan fingerprint density at radius 3 is 2.53 bits per heavy atom. The first kappa shape index (κ1) is 30.8. The van der Waals surface area contributed by atoms with E-state index < -0.39 is 11.7 Å². The first-order valence-corrected chi connectivity index (χ1v) is 19.2. The molecule has 254 valence electrons. The van der Waals surface area contributed by atoms with Crippen LogP contribution in [0.5, 0.6) is 0 Å². The van der Waals surface area contributed by atoms with Gasteiger partial charge in [-0.15, -0.1) is 0 Å². The summed E-state index contributed by atoms with van der Waals surface area (Å²) in [6, 6.07) is 0.307. The number of Topliss-reactive ketones (excluding diaryl/α,β-unsaturated/α-hetero) is 2. The van der Waals surface area contributed by atoms with Gasteiger partial charge in [0.25, 0.3) is 0 Å². The molecular formula is C40H56N4O3. The number of hydrogen-bond acceptors (Lipinski definition) is 6. The van der Waals surface area contributed by atoms with Gasteiger partial charge in [-0.3, -0.25) is 15.0 Å². The summed E-state index contributed by atoms with van der Waals surface area (Å²) in [5, 5.41) is 8.94. The van der Waals surface area contributed by atoms with E-state index in [1.54, 1.807) is 0 Å². The molecule has 1 aliphatic heterocycles. The number of hydrogen-bond donors (Lipinski definition) is 2. The molecule has 14 atom stereocenters. The van der Waals surface area contributed by atoms with Crippen LogP contribution in [-0.4, -0.2) is 54.4 Å². The lowest BCUT2D eigenvalue weighted by molar-refractivity contribution is -0.438. The Bertz CT molecular complexity index is 1550. The largest absolute Gasteiger partial charge is 0.476 e. The molecule has 9 fully saturated rings. The van der Waals surface area contributed by atoms with Crippen molar-refractivity contribution in [1.82, 2.24) is 4.90 Å². The number of fused-ring (bicyclic) bond motifs is 4. The maximum absolute atomic E-state index is 13.9. The van der Waals surface area contributed by atoms with E-state index in [2.05, 4.69) is 49.9 Å². The molecule has 8 aliphatic carbocycles. The predicted octanol–water partition coefficient (Wildman–Crippen LogP) is 6.57. The number of carbonyl (C=O) groups excluding carboxylic acids is 2. The summed E-state index contributed by atoms with van der Waals surface area (Å²) in [6.07, 6.45) is 15.3. The number of carbonyl (C=O) groups is 2. The van der Waals surface area contributed by atoms with E-state index in [1.807, 2.05) is 6.92 Å². The third-order valence-electron chi connectivity index (χ3n) is 17.6. The highest BCUT2D eigenvalue weighted by Gasteiger charge is 3.00. The Kier molecular flexibility index (Phi) is 6.49. The average molecular weight is 641 g/mol. The maximum Gasteiger partial charge on any atom is 0.227 e. The summed E-state index contributed by atoms with van der Waals surface area (Å²) in [5.41, 5.74) is 8.99. The van der Waals surface area contributed by atoms with Crippen molar-refractivity contribution in [2.45, 2.75) is 104 Å². The van der Waals surface area contributed by atoms with Gasteiger partial charge in [-0.2, -0.15) is 4.99 Å². The molecular weight excluding hydrogens is 584 g/mol. The minimum absolute atomic E-state index is 0.117. The van der Waals surface area contributed by atoms with Crippen molar-refractivity contribution in [2.24, 2.45) is 85.6 Å². The van der Waals surface area contributed by atoms with Crippen molar-refractivity contribution in [2.75, 3.05) is 20.2 Å². The van der Waals surface area contributed by atoms with E-state index in [4.69, 9.17) is 15.9 Å². The SMILES string of the molecule is CCCC(C(=O)C(=N)N=C(/C=C/C1C23C4CC2C2C5C6CC(CC43)C6(C)C5(C)C21C)OCC1CCCN1C)=C(N)[C@H]1CCCCC1=O. The monoisotopic (exact) mass is 640 g/mol. The molecule has 0 aromatic rings. The van der Waals surface area contributed by atoms with Crippen LogP contribution >= 0.6 is 0 Å². The second kappa shape index (κ2) is 9.91. The van der Waals surface area contributed by atoms with Gasteiger partial charge in [-0.25, -0.2) is 0 Å². The van der Waals surface area contributed by atoms with Gasteiger partial charge in [0.15, 0.2) is 5.84 Å². The fraction of sp³-hybridized carbons (Fsp3) is 0.800. The van der Waals surface area contributed by atoms with Crippen LogP contribution < -0.4 is 5.73 Å². The van der Waals surface area contributed by atoms with Crippen LogP contribution in [0.15, 0.2) is 28.4 Å². The smallest absolute Gasteiger partial charge is 0.227 e. The van der Waals surface area contributed by atoms with Gasteiger partial charge in [0, 0.05) is 23.7 Å². The van der Waals surface area contributed by atoms with E-state index in [0.29, 0.717) is 83.1 Å². The minimum Gasteiger partial charge on any atom is -0.476 e. The van der Waals surface area contributed by atoms with Crippen LogP contribution in [0.3, 0.4) is 0 Å². The second-order valence-electron chi connectivity index (χ2n) is 18.2. The molecule has 8 saturated carbocycles. The third-order valence-corrected chi connectivity index (χ3v) is 17.6. The fourth-order valence-electron chi connectivity index (χ4n) is 15.3. The second-order valence-corrected chi connectivity index (χ2v) is 18.2. The Morgan fingerprint density at radius 2 is 1.81 bits per heavy atom. The quantitative estimate of drug-likeness (QED) is 0.168. The number of nitrogens with zero attached hydrogens (tertiary/aromatic N) is 2. The lowest BCUT2D eigenvalue weighted by Gasteiger charge is -2.91. The van der Waals surface area contributed by atoms with Crippen molar-refractivity contribution in [3.05, 3.63) is 23.4 Å². The topological polar surface area (TPSA) is 109 Å². The average Bonchev–Trinajstić information content (AvgIpc) is 3.24. The van der Waals surface area contributed by atoms with Crippen LogP contribution in [-0.2, 0) is 14.3 Å². The van der Waals surface area contributed by atoms with Crippen molar-refractivity contribution < 1.29 is 14.3 Å². The van der Waals surface area contributed by atoms with Crippen molar-refractivity contribution in [3.8, 4) is 0 Å². The van der Waals surface area contributed by atoms with Crippen LogP contribution in [0.1, 0.15) is 98.3 Å². The molecule has 7 nitrogen and oxygen atoms in total. The van der Waals surface area contributed by atoms with Crippen molar-refractivity contribution in [1.29, 1.82) is 5.41 Å². The molecule has 7 heteroatoms. The zero-order valence-electron chi connectivity index (χ0n) is 29.3. The molecule has 13 unspecified atom stereocenters. The third kappa shape index (κ3) is 3.39. The zero-order chi connectivity index (χ0) is 32.8. The maximum atomic E-state index is 13.9. The summed E-state index contributed by atoms with van der Waals surface area (Å²) in [5.74, 6) is 6.05. The number of ketones is 2. The van der Waals surface area contributed by atoms with Gasteiger partial charge in [-0.1, -0.05) is 46.6 Å². The van der Waals surface area contributed by atoms with E-state index >= 15 is 0 Å². The summed E-state index contributed by atoms with van der Waals surface area (Å²) < 4.78 is 6.47. The van der Waals surface area contributed by atoms with Crippen molar-refractivity contribution in [3.63, 3.8) is 0 Å². The van der Waals surface area contributed by atoms with Gasteiger partial charge in [0.2, 0.25) is 11.7 Å². The molecule has 1 heterocycles. The first-order valence-electron chi connectivity index (χ1n) is 19.2. The van der Waals surface area contributed by atoms with Crippen LogP contribution in [0, 0.1) is 80.3 Å². The Hall–Kier alpha value is -2.28. The van der Waals surface area contributed by atoms with E-state index in [0.717, 1.165) is 73.7 Å². The van der Waals surface area contributed by atoms with Gasteiger partial charge in [0.1, 0.15) is 12.4 Å². The summed E-state index contributed by atoms with van der Waals surface area (Å²) in [6.45, 7) is 11.5. The summed E-state index contributed by atoms with van der Waals surface area (Å²) in [7, 11) is 2.14. The van der Waals surface area contributed by atoms with Gasteiger partial charge in [-0.05, 0) is 140 Å². The van der Waals surface area contributed by atoms with E-state index in [9.17, 15) is 9.59 Å². The molecule has 0 aromatic heterocycles. The molecule has 2 bridgehead atoms. The predicted molar refractivity (Wildman–Crippen MR) is 183 cm³/mol. The fourth-order valence-corrected chi connectivity index (χ4v) is 15.3. The number of allylic oxidation sites excluding steroid dienone is 2. The number of amidine groups is 1. The molecule has 0 radical (unpaired) electrons. The highest BCUT2D eigenvalue weighted by atomic mass is 16.5. The van der Waals surface area contributed by atoms with Gasteiger partial charge in [0.05, 0.1) is 5.92 Å². The number of aliphatic imine (C=N–C) groups is 1. The Labute approximate surface area is 281 Å². The van der Waals surface area contributed by atoms with Crippen LogP contribution in [0.2, 0.25) is 0 Å². The number of nitrogens with two attached hydrogens (primary N) is 1. The Balaban J connectivity index is 1.04. The highest BCUT2D eigenvalue weighted by molar-refractivity contribution is 6.45. The van der Waals surface area contributed by atoms with E-state index in [-0.39, 0.29) is 11.6 Å². The molecule has 47 heavy (non-hydrogen) atoms. The number of ether oxygens (including phenoxy) is 1. The molecule has 3 N–H and O–H groups in total. The number of rotatable bonds is 9. The normalized spacial score (nSPS) is 51.9. The van der Waals surface area contributed by atoms with Crippen LogP contribution in [0.25, 0.3) is 0 Å². The van der Waals surface area contributed by atoms with Gasteiger partial charge < -0.3 is 15.4 Å². The van der Waals surface area contributed by atoms with Crippen LogP contribution in [0.4, 0.5) is 0 Å². The molecule has 1 saturated heterocycles. The Morgan fingerprint density at radius 1 is 1.04 bits per heavy atom. The van der Waals surface area contributed by atoms with Crippen molar-refractivity contribution >= 4 is 23.3 Å². The standard InChI is InChI=1S/C40H56N4O3/c1-6-10-24(34(41)23-12-7-8-13-29(23)45)35(46)36(42)43-31(47-20-22-11-9-16-44(22)5)15-14-30-38(3)32-28-19-26-25(40(26,28)30)17-21-18-27-33(32)39(38,4)37(21,27)2/h14-15,21-23,25-28,30,32-33,42H,6-13,16-20,41H2,1-5H3/b15-14+,34-24?,42-36?,43-31?/t21?,22?,23-,25?,26?,27?,28?,30?,32?,33?,37?,38?,39?,40?/m0/s1. The first-order chi connectivity index (χ1) is 22.5. The molecule has 9 rings (SSSR count).